The Kier molecular flexibility index (Phi) is 6.66. The minimum atomic E-state index is -0.240. The largest absolute Gasteiger partial charge is 0.370 e. The molecule has 2 aromatic heterocycles. The second-order valence-electron chi connectivity index (χ2n) is 8.55. The molecule has 0 unspecified atom stereocenters. The van der Waals surface area contributed by atoms with Crippen molar-refractivity contribution in [1.82, 2.24) is 9.55 Å². The molecule has 0 amide bonds. The van der Waals surface area contributed by atoms with Crippen molar-refractivity contribution in [3.8, 4) is 0 Å². The van der Waals surface area contributed by atoms with E-state index >= 15 is 0 Å². The van der Waals surface area contributed by atoms with Crippen LogP contribution in [0.4, 0.5) is 0 Å². The monoisotopic (exact) mass is 442 g/mol. The molecule has 1 aromatic carbocycles. The number of benzene rings is 1. The van der Waals surface area contributed by atoms with E-state index in [1.165, 1.54) is 18.4 Å². The number of fused-ring (bicyclic) bond motifs is 3. The lowest BCUT2D eigenvalue weighted by atomic mass is 9.94. The Hall–Kier alpha value is -1.63. The Morgan fingerprint density at radius 2 is 2.03 bits per heavy atom. The van der Waals surface area contributed by atoms with Crippen LogP contribution in [0, 0.1) is 0 Å². The summed E-state index contributed by atoms with van der Waals surface area (Å²) in [7, 11) is 0. The van der Waals surface area contributed by atoms with E-state index in [0.29, 0.717) is 13.2 Å². The maximum Gasteiger partial charge on any atom is 0.263 e. The van der Waals surface area contributed by atoms with Crippen LogP contribution in [-0.2, 0) is 30.7 Å². The lowest BCUT2D eigenvalue weighted by Gasteiger charge is -2.29. The summed E-state index contributed by atoms with van der Waals surface area (Å²) in [6, 6.07) is 10.4. The summed E-state index contributed by atoms with van der Waals surface area (Å²) in [5.41, 5.74) is 2.27. The molecule has 3 heterocycles. The SMILES string of the molecule is CCCCCSc1nc2sc3c(c2c(=O)n1CCc1ccccc1)CC(C)(C)OC3. The first-order valence-corrected chi connectivity index (χ1v) is 12.6. The van der Waals surface area contributed by atoms with Gasteiger partial charge in [-0.05, 0) is 37.8 Å². The molecule has 160 valence electrons. The molecule has 0 atom stereocenters. The van der Waals surface area contributed by atoms with Crippen molar-refractivity contribution < 1.29 is 4.74 Å². The van der Waals surface area contributed by atoms with Crippen LogP contribution in [-0.4, -0.2) is 20.9 Å². The van der Waals surface area contributed by atoms with E-state index < -0.39 is 0 Å². The van der Waals surface area contributed by atoms with E-state index in [-0.39, 0.29) is 11.2 Å². The highest BCUT2D eigenvalue weighted by molar-refractivity contribution is 7.99. The van der Waals surface area contributed by atoms with Gasteiger partial charge in [0.25, 0.3) is 5.56 Å². The van der Waals surface area contributed by atoms with Gasteiger partial charge < -0.3 is 4.74 Å². The highest BCUT2D eigenvalue weighted by atomic mass is 32.2. The Balaban J connectivity index is 1.72. The molecule has 4 nitrogen and oxygen atoms in total. The fraction of sp³-hybridized carbons (Fsp3) is 0.500. The number of hydrogen-bond acceptors (Lipinski definition) is 5. The molecule has 6 heteroatoms. The van der Waals surface area contributed by atoms with Gasteiger partial charge in [-0.15, -0.1) is 11.3 Å². The van der Waals surface area contributed by atoms with Gasteiger partial charge in [-0.25, -0.2) is 4.98 Å². The molecule has 30 heavy (non-hydrogen) atoms. The van der Waals surface area contributed by atoms with Crippen LogP contribution in [0.5, 0.6) is 0 Å². The Morgan fingerprint density at radius 1 is 1.23 bits per heavy atom. The van der Waals surface area contributed by atoms with E-state index in [0.717, 1.165) is 50.8 Å². The average molecular weight is 443 g/mol. The first-order chi connectivity index (χ1) is 14.5. The van der Waals surface area contributed by atoms with Gasteiger partial charge in [0.2, 0.25) is 0 Å². The van der Waals surface area contributed by atoms with Gasteiger partial charge in [-0.3, -0.25) is 9.36 Å². The van der Waals surface area contributed by atoms with Gasteiger partial charge in [0.15, 0.2) is 5.16 Å². The lowest BCUT2D eigenvalue weighted by molar-refractivity contribution is -0.0379. The zero-order valence-electron chi connectivity index (χ0n) is 18.1. The fourth-order valence-corrected chi connectivity index (χ4v) is 6.08. The molecule has 0 saturated carbocycles. The molecule has 0 N–H and O–H groups in total. The van der Waals surface area contributed by atoms with Crippen molar-refractivity contribution >= 4 is 33.3 Å². The van der Waals surface area contributed by atoms with Gasteiger partial charge in [-0.2, -0.15) is 0 Å². The van der Waals surface area contributed by atoms with Crippen LogP contribution >= 0.6 is 23.1 Å². The van der Waals surface area contributed by atoms with Crippen LogP contribution < -0.4 is 5.56 Å². The molecule has 0 aliphatic carbocycles. The summed E-state index contributed by atoms with van der Waals surface area (Å²) >= 11 is 3.36. The predicted octanol–water partition coefficient (Wildman–Crippen LogP) is 5.83. The number of ether oxygens (including phenoxy) is 1. The second kappa shape index (κ2) is 9.25. The normalized spacial score (nSPS) is 15.4. The summed E-state index contributed by atoms with van der Waals surface area (Å²) in [5, 5.41) is 1.68. The molecule has 0 saturated heterocycles. The average Bonchev–Trinajstić information content (AvgIpc) is 3.08. The van der Waals surface area contributed by atoms with Crippen molar-refractivity contribution in [2.24, 2.45) is 0 Å². The summed E-state index contributed by atoms with van der Waals surface area (Å²) < 4.78 is 7.91. The summed E-state index contributed by atoms with van der Waals surface area (Å²) in [4.78, 5) is 20.7. The van der Waals surface area contributed by atoms with E-state index in [9.17, 15) is 4.79 Å². The van der Waals surface area contributed by atoms with Crippen LogP contribution in [0.1, 0.15) is 56.0 Å². The quantitative estimate of drug-likeness (QED) is 0.250. The summed E-state index contributed by atoms with van der Waals surface area (Å²) in [6.45, 7) is 7.64. The van der Waals surface area contributed by atoms with E-state index in [1.807, 2.05) is 10.6 Å². The first-order valence-electron chi connectivity index (χ1n) is 10.8. The van der Waals surface area contributed by atoms with Crippen LogP contribution in [0.3, 0.4) is 0 Å². The van der Waals surface area contributed by atoms with Gasteiger partial charge in [0.1, 0.15) is 4.83 Å². The van der Waals surface area contributed by atoms with Gasteiger partial charge in [0.05, 0.1) is 17.6 Å². The molecule has 0 bridgehead atoms. The minimum absolute atomic E-state index is 0.115. The van der Waals surface area contributed by atoms with Crippen molar-refractivity contribution in [3.05, 3.63) is 56.7 Å². The molecule has 0 radical (unpaired) electrons. The topological polar surface area (TPSA) is 44.1 Å². The summed E-state index contributed by atoms with van der Waals surface area (Å²) in [5.74, 6) is 0.998. The number of hydrogen-bond donors (Lipinski definition) is 0. The van der Waals surface area contributed by atoms with Crippen LogP contribution in [0.25, 0.3) is 10.2 Å². The van der Waals surface area contributed by atoms with Crippen molar-refractivity contribution in [3.63, 3.8) is 0 Å². The molecular formula is C24H30N2O2S2. The smallest absolute Gasteiger partial charge is 0.263 e. The van der Waals surface area contributed by atoms with Gasteiger partial charge in [0, 0.05) is 23.6 Å². The number of unbranched alkanes of at least 4 members (excludes halogenated alkanes) is 2. The fourth-order valence-electron chi connectivity index (χ4n) is 3.92. The van der Waals surface area contributed by atoms with Gasteiger partial charge >= 0.3 is 0 Å². The highest BCUT2D eigenvalue weighted by Gasteiger charge is 2.31. The third-order valence-corrected chi connectivity index (χ3v) is 7.76. The Morgan fingerprint density at radius 3 is 2.80 bits per heavy atom. The number of thiophene rings is 1. The number of aromatic nitrogens is 2. The second-order valence-corrected chi connectivity index (χ2v) is 10.7. The molecule has 1 aliphatic heterocycles. The zero-order chi connectivity index (χ0) is 21.1. The third-order valence-electron chi connectivity index (χ3n) is 5.60. The zero-order valence-corrected chi connectivity index (χ0v) is 19.7. The molecule has 0 spiro atoms. The van der Waals surface area contributed by atoms with Crippen molar-refractivity contribution in [1.29, 1.82) is 0 Å². The third kappa shape index (κ3) is 4.66. The Labute approximate surface area is 186 Å². The van der Waals surface area contributed by atoms with E-state index in [4.69, 9.17) is 9.72 Å². The van der Waals surface area contributed by atoms with Crippen molar-refractivity contribution in [2.45, 2.75) is 76.8 Å². The van der Waals surface area contributed by atoms with Crippen LogP contribution in [0.15, 0.2) is 40.3 Å². The molecule has 3 aromatic rings. The molecule has 4 rings (SSSR count). The number of aryl methyl sites for hydroxylation is 1. The summed E-state index contributed by atoms with van der Waals surface area (Å²) in [6.07, 6.45) is 5.15. The molecule has 0 fully saturated rings. The highest BCUT2D eigenvalue weighted by Crippen LogP contribution is 2.37. The Bertz CT molecular complexity index is 1070. The number of thioether (sulfide) groups is 1. The van der Waals surface area contributed by atoms with E-state index in [1.54, 1.807) is 23.1 Å². The van der Waals surface area contributed by atoms with Crippen LogP contribution in [0.2, 0.25) is 0 Å². The lowest BCUT2D eigenvalue weighted by Crippen LogP contribution is -2.32. The van der Waals surface area contributed by atoms with Gasteiger partial charge in [-0.1, -0.05) is 61.9 Å². The molecule has 1 aliphatic rings. The standard InChI is InChI=1S/C24H30N2O2S2/c1-4-5-9-14-29-23-25-21-20(18-15-24(2,3)28-16-19(18)30-21)22(27)26(23)13-12-17-10-7-6-8-11-17/h6-8,10-11H,4-5,9,12-16H2,1-3H3. The first kappa shape index (κ1) is 21.6. The maximum atomic E-state index is 13.7. The van der Waals surface area contributed by atoms with E-state index in [2.05, 4.69) is 45.0 Å². The number of rotatable bonds is 8. The number of nitrogens with zero attached hydrogens (tertiary/aromatic N) is 2. The predicted molar refractivity (Wildman–Crippen MR) is 127 cm³/mol. The minimum Gasteiger partial charge on any atom is -0.370 e. The molecular weight excluding hydrogens is 412 g/mol. The van der Waals surface area contributed by atoms with Crippen molar-refractivity contribution in [2.75, 3.05) is 5.75 Å². The maximum absolute atomic E-state index is 13.7.